The maximum atomic E-state index is 13.3. The Hall–Kier alpha value is -3.16. The molecule has 1 aromatic carbocycles. The minimum absolute atomic E-state index is 0.0580. The van der Waals surface area contributed by atoms with Crippen LogP contribution in [0.5, 0.6) is 0 Å². The SMILES string of the molecule is CN(C)c1nc2c(c(=O)[nH]1)CCC21CCCN(C(=O)c2n[nH]c3ccccc23)C1. The van der Waals surface area contributed by atoms with Crippen LogP contribution in [0.25, 0.3) is 10.9 Å². The zero-order valence-corrected chi connectivity index (χ0v) is 16.7. The standard InChI is InChI=1S/C21H24N6O2/c1-26(2)20-22-17-14(18(28)23-20)8-10-21(17)9-5-11-27(12-21)19(29)16-13-6-3-4-7-15(13)24-25-16/h3-4,6-7H,5,8-12H2,1-2H3,(H,24,25)(H,22,23,28). The highest BCUT2D eigenvalue weighted by molar-refractivity contribution is 6.04. The number of carbonyl (C=O) groups is 1. The number of amides is 1. The molecule has 1 saturated heterocycles. The Balaban J connectivity index is 1.51. The number of likely N-dealkylation sites (tertiary alicyclic amines) is 1. The van der Waals surface area contributed by atoms with Crippen molar-refractivity contribution >= 4 is 22.8 Å². The van der Waals surface area contributed by atoms with Crippen molar-refractivity contribution in [3.63, 3.8) is 0 Å². The number of nitrogens with zero attached hydrogens (tertiary/aromatic N) is 4. The van der Waals surface area contributed by atoms with Crippen LogP contribution < -0.4 is 10.5 Å². The summed E-state index contributed by atoms with van der Waals surface area (Å²) < 4.78 is 0. The first-order valence-electron chi connectivity index (χ1n) is 10.0. The summed E-state index contributed by atoms with van der Waals surface area (Å²) in [4.78, 5) is 37.3. The second kappa shape index (κ2) is 6.43. The summed E-state index contributed by atoms with van der Waals surface area (Å²) in [6, 6.07) is 7.67. The van der Waals surface area contributed by atoms with Gasteiger partial charge in [-0.15, -0.1) is 0 Å². The highest BCUT2D eigenvalue weighted by atomic mass is 16.2. The lowest BCUT2D eigenvalue weighted by atomic mass is 9.77. The van der Waals surface area contributed by atoms with Gasteiger partial charge in [0.15, 0.2) is 5.69 Å². The van der Waals surface area contributed by atoms with Crippen molar-refractivity contribution in [3.8, 4) is 0 Å². The third kappa shape index (κ3) is 2.73. The molecular weight excluding hydrogens is 368 g/mol. The summed E-state index contributed by atoms with van der Waals surface area (Å²) in [5.74, 6) is 0.504. The summed E-state index contributed by atoms with van der Waals surface area (Å²) in [7, 11) is 3.73. The monoisotopic (exact) mass is 392 g/mol. The quantitative estimate of drug-likeness (QED) is 0.693. The molecule has 1 atom stereocenters. The van der Waals surface area contributed by atoms with Crippen LogP contribution in [-0.2, 0) is 11.8 Å². The van der Waals surface area contributed by atoms with Crippen molar-refractivity contribution in [3.05, 3.63) is 51.6 Å². The molecule has 1 spiro atoms. The van der Waals surface area contributed by atoms with E-state index in [0.717, 1.165) is 41.4 Å². The van der Waals surface area contributed by atoms with Gasteiger partial charge in [0.25, 0.3) is 11.5 Å². The van der Waals surface area contributed by atoms with Crippen LogP contribution in [0.2, 0.25) is 0 Å². The number of fused-ring (bicyclic) bond motifs is 3. The number of piperidine rings is 1. The van der Waals surface area contributed by atoms with Gasteiger partial charge < -0.3 is 9.80 Å². The number of carbonyl (C=O) groups excluding carboxylic acids is 1. The van der Waals surface area contributed by atoms with E-state index in [1.54, 1.807) is 0 Å². The van der Waals surface area contributed by atoms with E-state index in [1.807, 2.05) is 48.2 Å². The Kier molecular flexibility index (Phi) is 3.97. The molecule has 1 fully saturated rings. The van der Waals surface area contributed by atoms with Crippen molar-refractivity contribution in [2.45, 2.75) is 31.1 Å². The predicted molar refractivity (Wildman–Crippen MR) is 110 cm³/mol. The van der Waals surface area contributed by atoms with Gasteiger partial charge in [0.2, 0.25) is 5.95 Å². The molecule has 0 radical (unpaired) electrons. The van der Waals surface area contributed by atoms with E-state index in [0.29, 0.717) is 31.2 Å². The normalized spacial score (nSPS) is 21.0. The van der Waals surface area contributed by atoms with Gasteiger partial charge in [0.1, 0.15) is 0 Å². The molecule has 8 heteroatoms. The molecule has 5 rings (SSSR count). The smallest absolute Gasteiger partial charge is 0.275 e. The second-order valence-electron chi connectivity index (χ2n) is 8.34. The number of anilines is 1. The Morgan fingerprint density at radius 1 is 1.24 bits per heavy atom. The van der Waals surface area contributed by atoms with E-state index in [1.165, 1.54) is 0 Å². The summed E-state index contributed by atoms with van der Waals surface area (Å²) in [6.45, 7) is 1.27. The summed E-state index contributed by atoms with van der Waals surface area (Å²) >= 11 is 0. The Morgan fingerprint density at radius 2 is 2.07 bits per heavy atom. The Morgan fingerprint density at radius 3 is 2.90 bits per heavy atom. The van der Waals surface area contributed by atoms with Gasteiger partial charge in [-0.05, 0) is 31.7 Å². The molecule has 3 aromatic rings. The summed E-state index contributed by atoms with van der Waals surface area (Å²) in [5.41, 5.74) is 2.65. The number of hydrogen-bond donors (Lipinski definition) is 2. The molecule has 0 saturated carbocycles. The van der Waals surface area contributed by atoms with Gasteiger partial charge in [-0.25, -0.2) is 4.98 Å². The molecule has 3 heterocycles. The largest absolute Gasteiger partial charge is 0.348 e. The molecule has 2 aliphatic rings. The van der Waals surface area contributed by atoms with Crippen LogP contribution in [0.15, 0.2) is 29.1 Å². The fourth-order valence-corrected chi connectivity index (χ4v) is 4.83. The van der Waals surface area contributed by atoms with E-state index >= 15 is 0 Å². The molecular formula is C21H24N6O2. The average molecular weight is 392 g/mol. The molecule has 1 aliphatic carbocycles. The number of rotatable bonds is 2. The zero-order valence-electron chi connectivity index (χ0n) is 16.7. The number of hydrogen-bond acceptors (Lipinski definition) is 5. The molecule has 1 amide bonds. The predicted octanol–water partition coefficient (Wildman–Crippen LogP) is 1.83. The topological polar surface area (TPSA) is 98.0 Å². The van der Waals surface area contributed by atoms with E-state index in [-0.39, 0.29) is 16.9 Å². The van der Waals surface area contributed by atoms with Crippen molar-refractivity contribution in [1.29, 1.82) is 0 Å². The molecule has 1 unspecified atom stereocenters. The van der Waals surface area contributed by atoms with E-state index < -0.39 is 0 Å². The molecule has 2 aromatic heterocycles. The van der Waals surface area contributed by atoms with Gasteiger partial charge in [0.05, 0.1) is 11.2 Å². The first-order valence-corrected chi connectivity index (χ1v) is 10.0. The number of para-hydroxylation sites is 1. The fourth-order valence-electron chi connectivity index (χ4n) is 4.83. The Bertz CT molecular complexity index is 1160. The second-order valence-corrected chi connectivity index (χ2v) is 8.34. The van der Waals surface area contributed by atoms with Crippen molar-refractivity contribution in [1.82, 2.24) is 25.1 Å². The van der Waals surface area contributed by atoms with E-state index in [9.17, 15) is 9.59 Å². The average Bonchev–Trinajstić information content (AvgIpc) is 3.30. The number of benzene rings is 1. The van der Waals surface area contributed by atoms with Gasteiger partial charge in [-0.1, -0.05) is 18.2 Å². The Labute approximate surface area is 167 Å². The maximum absolute atomic E-state index is 13.3. The van der Waals surface area contributed by atoms with Crippen molar-refractivity contribution in [2.24, 2.45) is 0 Å². The fraction of sp³-hybridized carbons (Fsp3) is 0.429. The van der Waals surface area contributed by atoms with Gasteiger partial charge in [-0.3, -0.25) is 19.7 Å². The molecule has 1 aliphatic heterocycles. The highest BCUT2D eigenvalue weighted by Gasteiger charge is 2.46. The van der Waals surface area contributed by atoms with Crippen molar-refractivity contribution in [2.75, 3.05) is 32.1 Å². The molecule has 29 heavy (non-hydrogen) atoms. The summed E-state index contributed by atoms with van der Waals surface area (Å²) in [6.07, 6.45) is 3.38. The van der Waals surface area contributed by atoms with Crippen LogP contribution in [0, 0.1) is 0 Å². The first kappa shape index (κ1) is 17.9. The lowest BCUT2D eigenvalue weighted by Crippen LogP contribution is -2.48. The number of aromatic amines is 2. The van der Waals surface area contributed by atoms with Crippen molar-refractivity contribution < 1.29 is 4.79 Å². The van der Waals surface area contributed by atoms with Crippen LogP contribution >= 0.6 is 0 Å². The lowest BCUT2D eigenvalue weighted by Gasteiger charge is -2.40. The molecule has 150 valence electrons. The maximum Gasteiger partial charge on any atom is 0.275 e. The molecule has 2 N–H and O–H groups in total. The number of aromatic nitrogens is 4. The van der Waals surface area contributed by atoms with Crippen LogP contribution in [0.3, 0.4) is 0 Å². The van der Waals surface area contributed by atoms with Crippen LogP contribution in [-0.4, -0.2) is 58.2 Å². The number of H-pyrrole nitrogens is 2. The zero-order chi connectivity index (χ0) is 20.2. The minimum Gasteiger partial charge on any atom is -0.348 e. The molecule has 0 bridgehead atoms. The van der Waals surface area contributed by atoms with Crippen LogP contribution in [0.1, 0.15) is 41.0 Å². The van der Waals surface area contributed by atoms with Gasteiger partial charge >= 0.3 is 0 Å². The summed E-state index contributed by atoms with van der Waals surface area (Å²) in [5, 5.41) is 8.08. The molecule has 8 nitrogen and oxygen atoms in total. The first-order chi connectivity index (χ1) is 14.0. The minimum atomic E-state index is -0.256. The van der Waals surface area contributed by atoms with Crippen LogP contribution in [0.4, 0.5) is 5.95 Å². The third-order valence-corrected chi connectivity index (χ3v) is 6.32. The van der Waals surface area contributed by atoms with E-state index in [2.05, 4.69) is 15.2 Å². The highest BCUT2D eigenvalue weighted by Crippen LogP contribution is 2.43. The lowest BCUT2D eigenvalue weighted by molar-refractivity contribution is 0.0629. The van der Waals surface area contributed by atoms with E-state index in [4.69, 9.17) is 4.98 Å². The van der Waals surface area contributed by atoms with Gasteiger partial charge in [-0.2, -0.15) is 5.10 Å². The third-order valence-electron chi connectivity index (χ3n) is 6.32. The number of nitrogens with one attached hydrogen (secondary N) is 2. The van der Waals surface area contributed by atoms with Gasteiger partial charge in [0, 0.05) is 43.5 Å².